The number of furan rings is 1. The second kappa shape index (κ2) is 7.28. The molecule has 0 bridgehead atoms. The van der Waals surface area contributed by atoms with Crippen molar-refractivity contribution in [3.63, 3.8) is 0 Å². The fourth-order valence-electron chi connectivity index (χ4n) is 3.23. The standard InChI is InChI=1S/C22H22N2O3S/c1-5-26-15-10-11-18-16(12-15)13(2)20(27-18)22(25)24(4)14(3)21-23-17-8-6-7-9-19(17)28-21/h6-12,14H,5H2,1-4H3/t14-/m0/s1. The lowest BCUT2D eigenvalue weighted by Gasteiger charge is -2.22. The SMILES string of the molecule is CCOc1ccc2oc(C(=O)N(C)[C@@H](C)c3nc4ccccc4s3)c(C)c2c1. The van der Waals surface area contributed by atoms with Crippen molar-refractivity contribution in [2.75, 3.05) is 13.7 Å². The van der Waals surface area contributed by atoms with Crippen molar-refractivity contribution in [2.45, 2.75) is 26.8 Å². The van der Waals surface area contributed by atoms with E-state index in [0.717, 1.165) is 31.9 Å². The molecule has 1 amide bonds. The fraction of sp³-hybridized carbons (Fsp3) is 0.273. The van der Waals surface area contributed by atoms with E-state index in [2.05, 4.69) is 4.98 Å². The number of aromatic nitrogens is 1. The highest BCUT2D eigenvalue weighted by molar-refractivity contribution is 7.18. The molecule has 2 aromatic heterocycles. The van der Waals surface area contributed by atoms with Crippen LogP contribution in [0.3, 0.4) is 0 Å². The van der Waals surface area contributed by atoms with Gasteiger partial charge in [-0.1, -0.05) is 12.1 Å². The molecule has 5 nitrogen and oxygen atoms in total. The summed E-state index contributed by atoms with van der Waals surface area (Å²) in [6.07, 6.45) is 0. The molecule has 0 saturated heterocycles. The van der Waals surface area contributed by atoms with Gasteiger partial charge in [-0.2, -0.15) is 0 Å². The van der Waals surface area contributed by atoms with Crippen LogP contribution < -0.4 is 4.74 Å². The molecule has 144 valence electrons. The van der Waals surface area contributed by atoms with E-state index in [1.165, 1.54) is 0 Å². The van der Waals surface area contributed by atoms with Gasteiger partial charge in [-0.25, -0.2) is 4.98 Å². The number of aryl methyl sites for hydroxylation is 1. The number of hydrogen-bond donors (Lipinski definition) is 0. The van der Waals surface area contributed by atoms with Crippen LogP contribution in [0.5, 0.6) is 5.75 Å². The van der Waals surface area contributed by atoms with Crippen molar-refractivity contribution >= 4 is 38.4 Å². The molecule has 0 unspecified atom stereocenters. The molecular formula is C22H22N2O3S. The number of fused-ring (bicyclic) bond motifs is 2. The molecule has 4 aromatic rings. The third-order valence-electron chi connectivity index (χ3n) is 4.98. The van der Waals surface area contributed by atoms with E-state index in [1.54, 1.807) is 23.3 Å². The Morgan fingerprint density at radius 1 is 1.29 bits per heavy atom. The summed E-state index contributed by atoms with van der Waals surface area (Å²) in [7, 11) is 1.79. The number of thiazole rings is 1. The molecule has 0 aliphatic heterocycles. The van der Waals surface area contributed by atoms with Gasteiger partial charge in [0.25, 0.3) is 5.91 Å². The Balaban J connectivity index is 1.65. The molecule has 2 heterocycles. The summed E-state index contributed by atoms with van der Waals surface area (Å²) in [4.78, 5) is 19.5. The molecule has 0 radical (unpaired) electrons. The van der Waals surface area contributed by atoms with E-state index in [0.29, 0.717) is 18.0 Å². The van der Waals surface area contributed by atoms with Crippen LogP contribution in [0.15, 0.2) is 46.9 Å². The maximum atomic E-state index is 13.2. The quantitative estimate of drug-likeness (QED) is 0.443. The minimum Gasteiger partial charge on any atom is -0.494 e. The van der Waals surface area contributed by atoms with Crippen LogP contribution in [0.2, 0.25) is 0 Å². The molecule has 4 rings (SSSR count). The minimum absolute atomic E-state index is 0.154. The van der Waals surface area contributed by atoms with Crippen LogP contribution in [0.25, 0.3) is 21.2 Å². The van der Waals surface area contributed by atoms with Gasteiger partial charge in [-0.05, 0) is 51.1 Å². The van der Waals surface area contributed by atoms with Crippen molar-refractivity contribution in [2.24, 2.45) is 0 Å². The van der Waals surface area contributed by atoms with Crippen LogP contribution in [0.4, 0.5) is 0 Å². The van der Waals surface area contributed by atoms with Crippen molar-refractivity contribution < 1.29 is 13.9 Å². The number of amides is 1. The summed E-state index contributed by atoms with van der Waals surface area (Å²) < 4.78 is 12.6. The van der Waals surface area contributed by atoms with Gasteiger partial charge in [0, 0.05) is 18.0 Å². The van der Waals surface area contributed by atoms with Crippen molar-refractivity contribution in [3.8, 4) is 5.75 Å². The van der Waals surface area contributed by atoms with Crippen LogP contribution in [-0.2, 0) is 0 Å². The number of ether oxygens (including phenoxy) is 1. The predicted octanol–water partition coefficient (Wildman–Crippen LogP) is 5.58. The van der Waals surface area contributed by atoms with Crippen molar-refractivity contribution in [1.29, 1.82) is 0 Å². The molecule has 2 aromatic carbocycles. The van der Waals surface area contributed by atoms with Gasteiger partial charge in [0.1, 0.15) is 16.3 Å². The molecule has 0 spiro atoms. The Morgan fingerprint density at radius 3 is 2.82 bits per heavy atom. The van der Waals surface area contributed by atoms with Crippen molar-refractivity contribution in [3.05, 3.63) is 58.8 Å². The van der Waals surface area contributed by atoms with Crippen LogP contribution >= 0.6 is 11.3 Å². The number of carbonyl (C=O) groups is 1. The van der Waals surface area contributed by atoms with Gasteiger partial charge in [-0.15, -0.1) is 11.3 Å². The van der Waals surface area contributed by atoms with E-state index in [9.17, 15) is 4.79 Å². The number of hydrogen-bond acceptors (Lipinski definition) is 5. The zero-order chi connectivity index (χ0) is 19.8. The summed E-state index contributed by atoms with van der Waals surface area (Å²) in [6.45, 7) is 6.43. The summed E-state index contributed by atoms with van der Waals surface area (Å²) in [5.74, 6) is 0.978. The van der Waals surface area contributed by atoms with E-state index in [1.807, 2.05) is 63.2 Å². The largest absolute Gasteiger partial charge is 0.494 e. The highest BCUT2D eigenvalue weighted by atomic mass is 32.1. The highest BCUT2D eigenvalue weighted by Gasteiger charge is 2.26. The first kappa shape index (κ1) is 18.5. The summed E-state index contributed by atoms with van der Waals surface area (Å²) >= 11 is 1.61. The predicted molar refractivity (Wildman–Crippen MR) is 112 cm³/mol. The Bertz CT molecular complexity index is 1130. The zero-order valence-corrected chi connectivity index (χ0v) is 17.2. The van der Waals surface area contributed by atoms with Gasteiger partial charge < -0.3 is 14.1 Å². The lowest BCUT2D eigenvalue weighted by Crippen LogP contribution is -2.29. The third-order valence-corrected chi connectivity index (χ3v) is 6.19. The van der Waals surface area contributed by atoms with E-state index in [-0.39, 0.29) is 11.9 Å². The molecule has 0 fully saturated rings. The summed E-state index contributed by atoms with van der Waals surface area (Å²) in [5.41, 5.74) is 2.47. The maximum Gasteiger partial charge on any atom is 0.290 e. The van der Waals surface area contributed by atoms with Gasteiger partial charge >= 0.3 is 0 Å². The lowest BCUT2D eigenvalue weighted by atomic mass is 10.1. The summed E-state index contributed by atoms with van der Waals surface area (Å²) in [6, 6.07) is 13.5. The Hall–Kier alpha value is -2.86. The second-order valence-electron chi connectivity index (χ2n) is 6.76. The number of para-hydroxylation sites is 1. The molecule has 0 aliphatic rings. The first-order chi connectivity index (χ1) is 13.5. The summed E-state index contributed by atoms with van der Waals surface area (Å²) in [5, 5.41) is 1.81. The second-order valence-corrected chi connectivity index (χ2v) is 7.82. The number of benzene rings is 2. The van der Waals surface area contributed by atoms with E-state index < -0.39 is 0 Å². The highest BCUT2D eigenvalue weighted by Crippen LogP contribution is 2.33. The number of rotatable bonds is 5. The molecule has 28 heavy (non-hydrogen) atoms. The van der Waals surface area contributed by atoms with Gasteiger partial charge in [0.2, 0.25) is 0 Å². The fourth-order valence-corrected chi connectivity index (χ4v) is 4.29. The molecule has 6 heteroatoms. The van der Waals surface area contributed by atoms with Gasteiger partial charge in [0.05, 0.1) is 22.9 Å². The average Bonchev–Trinajstić information content (AvgIpc) is 3.28. The molecule has 0 saturated carbocycles. The normalized spacial score (nSPS) is 12.4. The average molecular weight is 394 g/mol. The zero-order valence-electron chi connectivity index (χ0n) is 16.4. The van der Waals surface area contributed by atoms with Gasteiger partial charge in [0.15, 0.2) is 5.76 Å². The van der Waals surface area contributed by atoms with Crippen LogP contribution in [0.1, 0.15) is 41.0 Å². The molecule has 1 atom stereocenters. The van der Waals surface area contributed by atoms with Crippen LogP contribution in [-0.4, -0.2) is 29.4 Å². The molecule has 0 aliphatic carbocycles. The number of carbonyl (C=O) groups excluding carboxylic acids is 1. The first-order valence-corrected chi connectivity index (χ1v) is 10.1. The van der Waals surface area contributed by atoms with E-state index in [4.69, 9.17) is 9.15 Å². The smallest absolute Gasteiger partial charge is 0.290 e. The lowest BCUT2D eigenvalue weighted by molar-refractivity contribution is 0.0711. The Kier molecular flexibility index (Phi) is 4.81. The topological polar surface area (TPSA) is 55.6 Å². The third kappa shape index (κ3) is 3.14. The first-order valence-electron chi connectivity index (χ1n) is 9.28. The van der Waals surface area contributed by atoms with E-state index >= 15 is 0 Å². The minimum atomic E-state index is -0.156. The van der Waals surface area contributed by atoms with Crippen LogP contribution in [0, 0.1) is 6.92 Å². The van der Waals surface area contributed by atoms with Gasteiger partial charge in [-0.3, -0.25) is 4.79 Å². The van der Waals surface area contributed by atoms with Crippen molar-refractivity contribution in [1.82, 2.24) is 9.88 Å². The molecule has 0 N–H and O–H groups in total. The maximum absolute atomic E-state index is 13.2. The molecular weight excluding hydrogens is 372 g/mol. The Morgan fingerprint density at radius 2 is 2.07 bits per heavy atom. The monoisotopic (exact) mass is 394 g/mol. The Labute approximate surface area is 167 Å². The number of nitrogens with zero attached hydrogens (tertiary/aromatic N) is 2.